The average molecular weight is 445 g/mol. The van der Waals surface area contributed by atoms with E-state index in [1.165, 1.54) is 12.1 Å². The number of sulfone groups is 1. The smallest absolute Gasteiger partial charge is 0.325 e. The van der Waals surface area contributed by atoms with Crippen molar-refractivity contribution in [2.45, 2.75) is 23.1 Å². The Bertz CT molecular complexity index is 1090. The molecule has 3 rings (SSSR count). The Morgan fingerprint density at radius 2 is 1.42 bits per heavy atom. The molecule has 31 heavy (non-hydrogen) atoms. The first-order chi connectivity index (χ1) is 14.9. The van der Waals surface area contributed by atoms with Crippen molar-refractivity contribution < 1.29 is 22.0 Å². The summed E-state index contributed by atoms with van der Waals surface area (Å²) < 4.78 is 48.2. The summed E-state index contributed by atoms with van der Waals surface area (Å²) in [5, 5.41) is 5.88. The second-order valence-corrected chi connectivity index (χ2v) is 8.83. The van der Waals surface area contributed by atoms with Gasteiger partial charge in [-0.2, -0.15) is 8.78 Å². The van der Waals surface area contributed by atoms with E-state index in [1.807, 2.05) is 60.7 Å². The van der Waals surface area contributed by atoms with Crippen molar-refractivity contribution in [1.82, 2.24) is 5.32 Å². The number of halogens is 2. The molecule has 0 radical (unpaired) electrons. The zero-order valence-electron chi connectivity index (χ0n) is 16.5. The number of alkyl halides is 2. The molecule has 0 fully saturated rings. The number of benzene rings is 3. The maximum atomic E-state index is 12.6. The van der Waals surface area contributed by atoms with E-state index in [0.29, 0.717) is 12.1 Å². The largest absolute Gasteiger partial charge is 0.341 e. The third-order valence-electron chi connectivity index (χ3n) is 4.69. The van der Waals surface area contributed by atoms with Gasteiger partial charge in [0.15, 0.2) is 0 Å². The molecule has 8 heteroatoms. The highest BCUT2D eigenvalue weighted by Crippen LogP contribution is 2.21. The zero-order chi connectivity index (χ0) is 22.3. The van der Waals surface area contributed by atoms with Gasteiger partial charge in [-0.15, -0.1) is 0 Å². The van der Waals surface area contributed by atoms with Crippen LogP contribution >= 0.6 is 0 Å². The van der Waals surface area contributed by atoms with Crippen LogP contribution in [0.25, 0.3) is 0 Å². The van der Waals surface area contributed by atoms with Gasteiger partial charge in [-0.3, -0.25) is 4.79 Å². The van der Waals surface area contributed by atoms with Gasteiger partial charge < -0.3 is 10.6 Å². The molecule has 1 atom stereocenters. The molecule has 1 unspecified atom stereocenters. The molecule has 0 aliphatic rings. The lowest BCUT2D eigenvalue weighted by molar-refractivity contribution is -0.115. The molecule has 3 aromatic rings. The van der Waals surface area contributed by atoms with Crippen LogP contribution < -0.4 is 10.6 Å². The maximum absolute atomic E-state index is 12.6. The molecule has 162 valence electrons. The second kappa shape index (κ2) is 10.3. The maximum Gasteiger partial charge on any atom is 0.341 e. The van der Waals surface area contributed by atoms with Crippen LogP contribution in [-0.4, -0.2) is 26.6 Å². The monoisotopic (exact) mass is 444 g/mol. The molecule has 5 nitrogen and oxygen atoms in total. The second-order valence-electron chi connectivity index (χ2n) is 6.91. The fraction of sp³-hybridized carbons (Fsp3) is 0.174. The van der Waals surface area contributed by atoms with Gasteiger partial charge in [0, 0.05) is 11.7 Å². The van der Waals surface area contributed by atoms with Crippen molar-refractivity contribution in [2.24, 2.45) is 0 Å². The summed E-state index contributed by atoms with van der Waals surface area (Å²) in [4.78, 5) is 11.9. The van der Waals surface area contributed by atoms with Gasteiger partial charge in [-0.25, -0.2) is 8.42 Å². The van der Waals surface area contributed by atoms with E-state index in [1.54, 1.807) is 0 Å². The van der Waals surface area contributed by atoms with Gasteiger partial charge in [0.2, 0.25) is 15.7 Å². The molecule has 0 heterocycles. The van der Waals surface area contributed by atoms with Crippen molar-refractivity contribution in [1.29, 1.82) is 0 Å². The number of rotatable bonds is 9. The van der Waals surface area contributed by atoms with E-state index >= 15 is 0 Å². The van der Waals surface area contributed by atoms with Crippen LogP contribution in [0.3, 0.4) is 0 Å². The predicted molar refractivity (Wildman–Crippen MR) is 116 cm³/mol. The number of nitrogens with one attached hydrogen (secondary N) is 2. The summed E-state index contributed by atoms with van der Waals surface area (Å²) in [7, 11) is -4.66. The highest BCUT2D eigenvalue weighted by Gasteiger charge is 2.26. The number of carbonyl (C=O) groups excluding carboxylic acids is 1. The van der Waals surface area contributed by atoms with Crippen LogP contribution in [0.5, 0.6) is 0 Å². The van der Waals surface area contributed by atoms with Crippen molar-refractivity contribution in [3.63, 3.8) is 0 Å². The number of hydrogen-bond donors (Lipinski definition) is 2. The van der Waals surface area contributed by atoms with Crippen LogP contribution in [0.2, 0.25) is 0 Å². The lowest BCUT2D eigenvalue weighted by Gasteiger charge is -2.19. The van der Waals surface area contributed by atoms with E-state index in [9.17, 15) is 22.0 Å². The summed E-state index contributed by atoms with van der Waals surface area (Å²) in [6.45, 7) is 0.0173. The lowest BCUT2D eigenvalue weighted by atomic mass is 9.99. The van der Waals surface area contributed by atoms with E-state index in [2.05, 4.69) is 10.6 Å². The first kappa shape index (κ1) is 22.6. The number of carbonyl (C=O) groups is 1. The molecule has 0 saturated carbocycles. The predicted octanol–water partition coefficient (Wildman–Crippen LogP) is 4.20. The van der Waals surface area contributed by atoms with Gasteiger partial charge >= 0.3 is 5.76 Å². The zero-order valence-corrected chi connectivity index (χ0v) is 17.4. The molecular formula is C23H22F2N2O3S. The average Bonchev–Trinajstić information content (AvgIpc) is 2.78. The van der Waals surface area contributed by atoms with Gasteiger partial charge in [0.25, 0.3) is 0 Å². The number of anilines is 1. The van der Waals surface area contributed by atoms with Crippen LogP contribution in [0.4, 0.5) is 14.5 Å². The van der Waals surface area contributed by atoms with Gasteiger partial charge in [-0.1, -0.05) is 60.7 Å². The molecular weight excluding hydrogens is 422 g/mol. The molecule has 2 N–H and O–H groups in total. The van der Waals surface area contributed by atoms with Crippen molar-refractivity contribution >= 4 is 21.4 Å². The summed E-state index contributed by atoms with van der Waals surface area (Å²) in [5.41, 5.74) is 2.49. The molecule has 0 spiro atoms. The fourth-order valence-electron chi connectivity index (χ4n) is 3.09. The third kappa shape index (κ3) is 6.19. The highest BCUT2D eigenvalue weighted by atomic mass is 32.2. The molecule has 1 amide bonds. The number of amides is 1. The molecule has 3 aromatic carbocycles. The van der Waals surface area contributed by atoms with Crippen molar-refractivity contribution in [3.05, 3.63) is 96.1 Å². The Labute approximate surface area is 180 Å². The molecule has 0 aliphatic carbocycles. The minimum Gasteiger partial charge on any atom is -0.325 e. The molecule has 0 aliphatic heterocycles. The quantitative estimate of drug-likeness (QED) is 0.519. The minimum atomic E-state index is -4.66. The van der Waals surface area contributed by atoms with Crippen LogP contribution in [-0.2, 0) is 21.1 Å². The van der Waals surface area contributed by atoms with Gasteiger partial charge in [-0.05, 0) is 41.8 Å². The van der Waals surface area contributed by atoms with Gasteiger partial charge in [0.05, 0.1) is 11.4 Å². The third-order valence-corrected chi connectivity index (χ3v) is 6.09. The lowest BCUT2D eigenvalue weighted by Crippen LogP contribution is -2.32. The molecule has 0 bridgehead atoms. The van der Waals surface area contributed by atoms with E-state index in [-0.39, 0.29) is 18.5 Å². The van der Waals surface area contributed by atoms with E-state index < -0.39 is 20.5 Å². The van der Waals surface area contributed by atoms with Crippen LogP contribution in [0.15, 0.2) is 89.8 Å². The summed E-state index contributed by atoms with van der Waals surface area (Å²) in [6.07, 6.45) is 0.693. The summed E-state index contributed by atoms with van der Waals surface area (Å²) in [6, 6.07) is 24.2. The SMILES string of the molecule is O=C(CNC(Cc1ccccc1)c1ccccc1)Nc1ccc(S(=O)(=O)C(F)F)cc1. The minimum absolute atomic E-state index is 0.0173. The fourth-order valence-corrected chi connectivity index (χ4v) is 3.82. The Hall–Kier alpha value is -3.10. The Morgan fingerprint density at radius 1 is 0.839 bits per heavy atom. The van der Waals surface area contributed by atoms with Gasteiger partial charge in [0.1, 0.15) is 0 Å². The Morgan fingerprint density at radius 3 is 2.00 bits per heavy atom. The first-order valence-electron chi connectivity index (χ1n) is 9.60. The van der Waals surface area contributed by atoms with Crippen molar-refractivity contribution in [2.75, 3.05) is 11.9 Å². The van der Waals surface area contributed by atoms with Crippen LogP contribution in [0, 0.1) is 0 Å². The topological polar surface area (TPSA) is 75.3 Å². The molecule has 0 saturated heterocycles. The van der Waals surface area contributed by atoms with E-state index in [0.717, 1.165) is 23.3 Å². The summed E-state index contributed by atoms with van der Waals surface area (Å²) >= 11 is 0. The number of hydrogen-bond acceptors (Lipinski definition) is 4. The first-order valence-corrected chi connectivity index (χ1v) is 11.1. The van der Waals surface area contributed by atoms with E-state index in [4.69, 9.17) is 0 Å². The van der Waals surface area contributed by atoms with Crippen molar-refractivity contribution in [3.8, 4) is 0 Å². The van der Waals surface area contributed by atoms with Crippen LogP contribution in [0.1, 0.15) is 17.2 Å². The standard InChI is InChI=1S/C23H22F2N2O3S/c24-23(25)31(29,30)20-13-11-19(12-14-20)27-22(28)16-26-21(18-9-5-2-6-10-18)15-17-7-3-1-4-8-17/h1-14,21,23,26H,15-16H2,(H,27,28). The Kier molecular flexibility index (Phi) is 7.49. The Balaban J connectivity index is 1.63. The summed E-state index contributed by atoms with van der Waals surface area (Å²) in [5.74, 6) is -3.82. The highest BCUT2D eigenvalue weighted by molar-refractivity contribution is 7.91. The molecule has 0 aromatic heterocycles. The normalized spacial score (nSPS) is 12.5.